The number of rotatable bonds is 7. The maximum atomic E-state index is 12.7. The van der Waals surface area contributed by atoms with E-state index in [0.29, 0.717) is 6.54 Å². The third-order valence-electron chi connectivity index (χ3n) is 2.84. The third kappa shape index (κ3) is 6.95. The fourth-order valence-electron chi connectivity index (χ4n) is 1.73. The molecule has 0 bridgehead atoms. The quantitative estimate of drug-likeness (QED) is 0.765. The number of hydrogen-bond acceptors (Lipinski definition) is 2. The summed E-state index contributed by atoms with van der Waals surface area (Å²) < 4.78 is 12.7. The first-order chi connectivity index (χ1) is 9.26. The van der Waals surface area contributed by atoms with Gasteiger partial charge < -0.3 is 5.11 Å². The van der Waals surface area contributed by atoms with Crippen molar-refractivity contribution in [2.75, 3.05) is 26.2 Å². The Morgan fingerprint density at radius 1 is 1.16 bits per heavy atom. The van der Waals surface area contributed by atoms with Gasteiger partial charge in [-0.05, 0) is 43.7 Å². The third-order valence-corrected chi connectivity index (χ3v) is 2.84. The molecule has 0 aliphatic heterocycles. The molecule has 0 amide bonds. The summed E-state index contributed by atoms with van der Waals surface area (Å²) in [5.41, 5.74) is 0.832. The van der Waals surface area contributed by atoms with Crippen LogP contribution in [0.2, 0.25) is 0 Å². The lowest BCUT2D eigenvalue weighted by molar-refractivity contribution is 0.236. The monoisotopic (exact) mass is 263 g/mol. The molecule has 0 fully saturated rings. The van der Waals surface area contributed by atoms with Crippen LogP contribution in [0.1, 0.15) is 31.7 Å². The number of unbranched alkanes of at least 4 members (excludes halogenated alkanes) is 1. The molecule has 1 N–H and O–H groups in total. The molecule has 1 rings (SSSR count). The zero-order valence-corrected chi connectivity index (χ0v) is 11.5. The number of hydrogen-bond donors (Lipinski definition) is 1. The van der Waals surface area contributed by atoms with Crippen LogP contribution in [-0.4, -0.2) is 36.2 Å². The maximum Gasteiger partial charge on any atom is 0.123 e. The van der Waals surface area contributed by atoms with Gasteiger partial charge in [-0.3, -0.25) is 4.90 Å². The van der Waals surface area contributed by atoms with Gasteiger partial charge in [0.1, 0.15) is 5.82 Å². The summed E-state index contributed by atoms with van der Waals surface area (Å²) in [5, 5.41) is 8.87. The van der Waals surface area contributed by atoms with E-state index in [1.807, 2.05) is 0 Å². The normalized spacial score (nSPS) is 10.3. The van der Waals surface area contributed by atoms with Crippen molar-refractivity contribution < 1.29 is 9.50 Å². The van der Waals surface area contributed by atoms with Crippen LogP contribution in [0.4, 0.5) is 4.39 Å². The van der Waals surface area contributed by atoms with Crippen molar-refractivity contribution >= 4 is 0 Å². The number of aliphatic hydroxyl groups excluding tert-OH is 1. The van der Waals surface area contributed by atoms with Crippen molar-refractivity contribution in [1.82, 2.24) is 4.90 Å². The summed E-state index contributed by atoms with van der Waals surface area (Å²) in [6.07, 6.45) is 3.08. The number of nitrogens with zero attached hydrogens (tertiary/aromatic N) is 1. The first-order valence-corrected chi connectivity index (χ1v) is 6.84. The van der Waals surface area contributed by atoms with Gasteiger partial charge >= 0.3 is 0 Å². The minimum atomic E-state index is -0.238. The summed E-state index contributed by atoms with van der Waals surface area (Å²) in [6.45, 7) is 4.95. The Morgan fingerprint density at radius 3 is 2.47 bits per heavy atom. The molecule has 0 unspecified atom stereocenters. The Kier molecular flexibility index (Phi) is 7.88. The molecule has 0 radical (unpaired) electrons. The Labute approximate surface area is 115 Å². The van der Waals surface area contributed by atoms with Crippen molar-refractivity contribution in [3.63, 3.8) is 0 Å². The van der Waals surface area contributed by atoms with E-state index in [4.69, 9.17) is 5.11 Å². The SMILES string of the molecule is CCCCN(CC#Cc1ccc(F)cc1)CCCO. The molecule has 1 aromatic rings. The molecule has 0 saturated heterocycles. The van der Waals surface area contributed by atoms with Crippen molar-refractivity contribution in [2.45, 2.75) is 26.2 Å². The Morgan fingerprint density at radius 2 is 1.84 bits per heavy atom. The van der Waals surface area contributed by atoms with E-state index in [0.717, 1.165) is 37.9 Å². The first-order valence-electron chi connectivity index (χ1n) is 6.84. The Bertz CT molecular complexity index is 397. The lowest BCUT2D eigenvalue weighted by atomic mass is 10.2. The van der Waals surface area contributed by atoms with Crippen molar-refractivity contribution in [3.8, 4) is 11.8 Å². The molecule has 104 valence electrons. The highest BCUT2D eigenvalue weighted by atomic mass is 19.1. The Hall–Kier alpha value is -1.37. The van der Waals surface area contributed by atoms with Gasteiger partial charge in [-0.15, -0.1) is 0 Å². The van der Waals surface area contributed by atoms with Crippen LogP contribution in [0, 0.1) is 17.7 Å². The van der Waals surface area contributed by atoms with E-state index < -0.39 is 0 Å². The lowest BCUT2D eigenvalue weighted by Crippen LogP contribution is -2.27. The molecule has 0 aliphatic carbocycles. The van der Waals surface area contributed by atoms with Crippen molar-refractivity contribution in [2.24, 2.45) is 0 Å². The standard InChI is InChI=1S/C16H22FNO/c1-2-3-11-18(13-5-14-19)12-4-6-15-7-9-16(17)10-8-15/h7-10,19H,2-3,5,11-14H2,1H3. The highest BCUT2D eigenvalue weighted by Gasteiger charge is 2.01. The van der Waals surface area contributed by atoms with Crippen LogP contribution in [0.25, 0.3) is 0 Å². The highest BCUT2D eigenvalue weighted by molar-refractivity contribution is 5.34. The number of halogens is 1. The van der Waals surface area contributed by atoms with Gasteiger partial charge in [-0.1, -0.05) is 25.2 Å². The van der Waals surface area contributed by atoms with E-state index >= 15 is 0 Å². The van der Waals surface area contributed by atoms with E-state index in [-0.39, 0.29) is 12.4 Å². The predicted molar refractivity (Wildman–Crippen MR) is 76.3 cm³/mol. The molecular formula is C16H22FNO. The van der Waals surface area contributed by atoms with Crippen LogP contribution in [0.15, 0.2) is 24.3 Å². The topological polar surface area (TPSA) is 23.5 Å². The average Bonchev–Trinajstić information content (AvgIpc) is 2.43. The number of aliphatic hydroxyl groups is 1. The zero-order chi connectivity index (χ0) is 13.9. The molecule has 19 heavy (non-hydrogen) atoms. The van der Waals surface area contributed by atoms with Gasteiger partial charge in [-0.2, -0.15) is 0 Å². The molecule has 2 nitrogen and oxygen atoms in total. The van der Waals surface area contributed by atoms with Gasteiger partial charge in [-0.25, -0.2) is 4.39 Å². The molecule has 0 aliphatic rings. The number of benzene rings is 1. The summed E-state index contributed by atoms with van der Waals surface area (Å²) in [4.78, 5) is 2.25. The van der Waals surface area contributed by atoms with Gasteiger partial charge in [0.15, 0.2) is 0 Å². The fourth-order valence-corrected chi connectivity index (χ4v) is 1.73. The minimum absolute atomic E-state index is 0.216. The van der Waals surface area contributed by atoms with Crippen molar-refractivity contribution in [1.29, 1.82) is 0 Å². The van der Waals surface area contributed by atoms with Crippen LogP contribution in [-0.2, 0) is 0 Å². The summed E-state index contributed by atoms with van der Waals surface area (Å²) in [6, 6.07) is 6.22. The molecular weight excluding hydrogens is 241 g/mol. The van der Waals surface area contributed by atoms with Crippen LogP contribution < -0.4 is 0 Å². The second-order valence-corrected chi connectivity index (χ2v) is 4.52. The van der Waals surface area contributed by atoms with Crippen LogP contribution >= 0.6 is 0 Å². The van der Waals surface area contributed by atoms with E-state index in [1.165, 1.54) is 12.1 Å². The predicted octanol–water partition coefficient (Wildman–Crippen LogP) is 2.66. The maximum absolute atomic E-state index is 12.7. The lowest BCUT2D eigenvalue weighted by Gasteiger charge is -2.18. The van der Waals surface area contributed by atoms with E-state index in [9.17, 15) is 4.39 Å². The van der Waals surface area contributed by atoms with E-state index in [1.54, 1.807) is 12.1 Å². The van der Waals surface area contributed by atoms with Crippen molar-refractivity contribution in [3.05, 3.63) is 35.6 Å². The van der Waals surface area contributed by atoms with Gasteiger partial charge in [0.05, 0.1) is 6.54 Å². The zero-order valence-electron chi connectivity index (χ0n) is 11.5. The smallest absolute Gasteiger partial charge is 0.123 e. The van der Waals surface area contributed by atoms with Gasteiger partial charge in [0.2, 0.25) is 0 Å². The summed E-state index contributed by atoms with van der Waals surface area (Å²) >= 11 is 0. The molecule has 1 aromatic carbocycles. The summed E-state index contributed by atoms with van der Waals surface area (Å²) in [7, 11) is 0. The van der Waals surface area contributed by atoms with Gasteiger partial charge in [0.25, 0.3) is 0 Å². The van der Waals surface area contributed by atoms with Crippen LogP contribution in [0.3, 0.4) is 0 Å². The second-order valence-electron chi connectivity index (χ2n) is 4.52. The molecule has 0 atom stereocenters. The molecule has 0 saturated carbocycles. The van der Waals surface area contributed by atoms with E-state index in [2.05, 4.69) is 23.7 Å². The minimum Gasteiger partial charge on any atom is -0.396 e. The fraction of sp³-hybridized carbons (Fsp3) is 0.500. The molecule has 0 spiro atoms. The molecule has 0 heterocycles. The largest absolute Gasteiger partial charge is 0.396 e. The average molecular weight is 263 g/mol. The van der Waals surface area contributed by atoms with Crippen LogP contribution in [0.5, 0.6) is 0 Å². The highest BCUT2D eigenvalue weighted by Crippen LogP contribution is 2.01. The molecule has 0 aromatic heterocycles. The Balaban J connectivity index is 2.47. The second kappa shape index (κ2) is 9.55. The summed E-state index contributed by atoms with van der Waals surface area (Å²) in [5.74, 6) is 5.91. The molecule has 3 heteroatoms. The van der Waals surface area contributed by atoms with Gasteiger partial charge in [0, 0.05) is 18.7 Å². The first kappa shape index (κ1) is 15.7.